The van der Waals surface area contributed by atoms with E-state index >= 15 is 0 Å². The maximum absolute atomic E-state index is 2.65. The SMILES string of the molecule is CN(C)c1cccc([Se][SeH])c1. The quantitative estimate of drug-likeness (QED) is 0.683. The topological polar surface area (TPSA) is 3.24 Å². The van der Waals surface area contributed by atoms with Crippen molar-refractivity contribution in [2.24, 2.45) is 0 Å². The van der Waals surface area contributed by atoms with E-state index < -0.39 is 0 Å². The van der Waals surface area contributed by atoms with Gasteiger partial charge in [-0.15, -0.1) is 0 Å². The summed E-state index contributed by atoms with van der Waals surface area (Å²) in [6, 6.07) is 8.64. The molecule has 1 rings (SSSR count). The average molecular weight is 279 g/mol. The van der Waals surface area contributed by atoms with Crippen LogP contribution in [0, 0.1) is 0 Å². The molecule has 1 nitrogen and oxygen atoms in total. The normalized spacial score (nSPS) is 9.73. The van der Waals surface area contributed by atoms with Crippen molar-refractivity contribution < 1.29 is 0 Å². The van der Waals surface area contributed by atoms with Crippen LogP contribution in [0.4, 0.5) is 5.69 Å². The predicted molar refractivity (Wildman–Crippen MR) is 53.3 cm³/mol. The molecule has 0 aromatic heterocycles. The van der Waals surface area contributed by atoms with Crippen molar-refractivity contribution in [2.45, 2.75) is 0 Å². The second-order valence-electron chi connectivity index (χ2n) is 2.48. The van der Waals surface area contributed by atoms with E-state index in [1.165, 1.54) is 10.1 Å². The van der Waals surface area contributed by atoms with Crippen LogP contribution in [0.5, 0.6) is 0 Å². The Morgan fingerprint density at radius 2 is 2.09 bits per heavy atom. The first-order valence-electron chi connectivity index (χ1n) is 3.33. The Hall–Kier alpha value is 0.0590. The molecule has 0 fully saturated rings. The molecule has 60 valence electrons. The molecule has 3 heteroatoms. The Morgan fingerprint density at radius 3 is 2.64 bits per heavy atom. The number of nitrogens with zero attached hydrogens (tertiary/aromatic N) is 1. The Kier molecular flexibility index (Phi) is 3.47. The van der Waals surface area contributed by atoms with Gasteiger partial charge in [0, 0.05) is 0 Å². The van der Waals surface area contributed by atoms with E-state index in [0.29, 0.717) is 13.1 Å². The molecule has 1 aromatic rings. The van der Waals surface area contributed by atoms with Gasteiger partial charge < -0.3 is 0 Å². The van der Waals surface area contributed by atoms with Crippen molar-refractivity contribution in [1.82, 2.24) is 0 Å². The van der Waals surface area contributed by atoms with Crippen LogP contribution >= 0.6 is 0 Å². The number of hydrogen-bond donors (Lipinski definition) is 0. The van der Waals surface area contributed by atoms with Gasteiger partial charge in [-0.3, -0.25) is 0 Å². The van der Waals surface area contributed by atoms with Crippen molar-refractivity contribution in [2.75, 3.05) is 19.0 Å². The summed E-state index contributed by atoms with van der Waals surface area (Å²) in [7, 11) is 4.13. The zero-order valence-corrected chi connectivity index (χ0v) is 10.2. The number of hydrogen-bond acceptors (Lipinski definition) is 1. The van der Waals surface area contributed by atoms with Crippen molar-refractivity contribution >= 4 is 37.5 Å². The first-order valence-corrected chi connectivity index (χ1v) is 8.93. The van der Waals surface area contributed by atoms with Gasteiger partial charge in [0.15, 0.2) is 0 Å². The van der Waals surface area contributed by atoms with Crippen LogP contribution in [0.2, 0.25) is 0 Å². The molecule has 11 heavy (non-hydrogen) atoms. The standard InChI is InChI=1S/C8H11NSe2/c1-9(2)7-4-3-5-8(6-7)11-10/h3-6,10H,1-2H3. The molecule has 0 aliphatic rings. The van der Waals surface area contributed by atoms with Crippen molar-refractivity contribution in [3.8, 4) is 0 Å². The zero-order valence-electron chi connectivity index (χ0n) is 6.61. The van der Waals surface area contributed by atoms with Gasteiger partial charge in [0.2, 0.25) is 0 Å². The molecule has 0 saturated heterocycles. The maximum atomic E-state index is 2.65. The molecule has 1 aromatic carbocycles. The van der Waals surface area contributed by atoms with Crippen LogP contribution in [0.1, 0.15) is 0 Å². The first kappa shape index (κ1) is 9.15. The summed E-state index contributed by atoms with van der Waals surface area (Å²) in [6.45, 7) is 0. The molecule has 0 heterocycles. The molecule has 0 radical (unpaired) electrons. The van der Waals surface area contributed by atoms with E-state index in [4.69, 9.17) is 0 Å². The molecule has 0 aliphatic heterocycles. The molecular formula is C8H11NSe2. The van der Waals surface area contributed by atoms with Crippen LogP contribution < -0.4 is 9.36 Å². The van der Waals surface area contributed by atoms with Crippen LogP contribution in [0.3, 0.4) is 0 Å². The molecular weight excluding hydrogens is 268 g/mol. The second kappa shape index (κ2) is 4.18. The van der Waals surface area contributed by atoms with Gasteiger partial charge in [-0.25, -0.2) is 0 Å². The van der Waals surface area contributed by atoms with Crippen molar-refractivity contribution in [1.29, 1.82) is 0 Å². The fourth-order valence-corrected chi connectivity index (χ4v) is 2.71. The van der Waals surface area contributed by atoms with Gasteiger partial charge in [-0.05, 0) is 0 Å². The van der Waals surface area contributed by atoms with Gasteiger partial charge in [-0.2, -0.15) is 0 Å². The van der Waals surface area contributed by atoms with Gasteiger partial charge in [0.25, 0.3) is 0 Å². The summed E-state index contributed by atoms with van der Waals surface area (Å²) in [5, 5.41) is 0. The third-order valence-corrected chi connectivity index (χ3v) is 4.71. The molecule has 0 bridgehead atoms. The predicted octanol–water partition coefficient (Wildman–Crippen LogP) is -0.102. The first-order chi connectivity index (χ1) is 5.24. The Balaban J connectivity index is 2.91. The summed E-state index contributed by atoms with van der Waals surface area (Å²) < 4.78 is 1.43. The Bertz CT molecular complexity index is 235. The average Bonchev–Trinajstić information content (AvgIpc) is 2.05. The fourth-order valence-electron chi connectivity index (χ4n) is 0.818. The van der Waals surface area contributed by atoms with E-state index in [9.17, 15) is 0 Å². The molecule has 0 atom stereocenters. The minimum absolute atomic E-state index is 0.555. The third kappa shape index (κ3) is 2.53. The van der Waals surface area contributed by atoms with Crippen LogP contribution in [0.15, 0.2) is 24.3 Å². The van der Waals surface area contributed by atoms with Gasteiger partial charge >= 0.3 is 80.7 Å². The monoisotopic (exact) mass is 281 g/mol. The van der Waals surface area contributed by atoms with Crippen LogP contribution in [-0.2, 0) is 0 Å². The van der Waals surface area contributed by atoms with Gasteiger partial charge in [0.05, 0.1) is 0 Å². The molecule has 0 N–H and O–H groups in total. The van der Waals surface area contributed by atoms with Crippen LogP contribution in [-0.4, -0.2) is 41.4 Å². The van der Waals surface area contributed by atoms with Crippen molar-refractivity contribution in [3.63, 3.8) is 0 Å². The molecule has 0 saturated carbocycles. The summed E-state index contributed by atoms with van der Waals surface area (Å²) >= 11 is 3.21. The van der Waals surface area contributed by atoms with E-state index in [2.05, 4.69) is 57.4 Å². The molecule has 0 amide bonds. The summed E-state index contributed by atoms with van der Waals surface area (Å²) in [4.78, 5) is 2.13. The van der Waals surface area contributed by atoms with E-state index in [0.717, 1.165) is 0 Å². The van der Waals surface area contributed by atoms with Gasteiger partial charge in [0.1, 0.15) is 0 Å². The van der Waals surface area contributed by atoms with Crippen LogP contribution in [0.25, 0.3) is 0 Å². The van der Waals surface area contributed by atoms with Gasteiger partial charge in [-0.1, -0.05) is 0 Å². The Labute approximate surface area is 80.7 Å². The fraction of sp³-hybridized carbons (Fsp3) is 0.250. The number of anilines is 1. The molecule has 0 spiro atoms. The minimum atomic E-state index is 0.555. The summed E-state index contributed by atoms with van der Waals surface area (Å²) in [6.07, 6.45) is 0. The molecule has 0 unspecified atom stereocenters. The second-order valence-corrected chi connectivity index (χ2v) is 5.85. The van der Waals surface area contributed by atoms with E-state index in [1.807, 2.05) is 0 Å². The van der Waals surface area contributed by atoms with E-state index in [1.54, 1.807) is 0 Å². The molecule has 0 aliphatic carbocycles. The summed E-state index contributed by atoms with van der Waals surface area (Å²) in [5.74, 6) is 0. The summed E-state index contributed by atoms with van der Waals surface area (Å²) in [5.41, 5.74) is 1.29. The number of rotatable bonds is 2. The third-order valence-electron chi connectivity index (χ3n) is 1.44. The Morgan fingerprint density at radius 1 is 1.36 bits per heavy atom. The zero-order chi connectivity index (χ0) is 8.27. The van der Waals surface area contributed by atoms with E-state index in [-0.39, 0.29) is 0 Å². The van der Waals surface area contributed by atoms with Crippen molar-refractivity contribution in [3.05, 3.63) is 24.3 Å². The number of benzene rings is 1.